The summed E-state index contributed by atoms with van der Waals surface area (Å²) in [7, 11) is 0. The molecule has 94 valence electrons. The topological polar surface area (TPSA) is 27.0 Å². The Bertz CT molecular complexity index is 628. The van der Waals surface area contributed by atoms with Crippen LogP contribution in [0.1, 0.15) is 27.8 Å². The van der Waals surface area contributed by atoms with Gasteiger partial charge >= 0.3 is 0 Å². The van der Waals surface area contributed by atoms with E-state index in [-0.39, 0.29) is 0 Å². The quantitative estimate of drug-likeness (QED) is 0.814. The molecular formula is C17H16N2. The van der Waals surface area contributed by atoms with Crippen molar-refractivity contribution in [3.8, 4) is 6.07 Å². The van der Waals surface area contributed by atoms with Crippen LogP contribution in [-0.2, 0) is 19.6 Å². The molecule has 0 saturated carbocycles. The van der Waals surface area contributed by atoms with E-state index in [9.17, 15) is 0 Å². The van der Waals surface area contributed by atoms with E-state index in [1.165, 1.54) is 22.3 Å². The average molecular weight is 248 g/mol. The molecule has 0 bridgehead atoms. The van der Waals surface area contributed by atoms with Gasteiger partial charge < -0.3 is 0 Å². The lowest BCUT2D eigenvalue weighted by Crippen LogP contribution is -2.16. The van der Waals surface area contributed by atoms with Crippen molar-refractivity contribution in [2.75, 3.05) is 0 Å². The fraction of sp³-hybridized carbons (Fsp3) is 0.235. The number of nitriles is 1. The monoisotopic (exact) mass is 248 g/mol. The van der Waals surface area contributed by atoms with E-state index in [0.717, 1.165) is 25.2 Å². The second kappa shape index (κ2) is 4.87. The number of nitrogens with zero attached hydrogens (tertiary/aromatic N) is 2. The molecule has 2 heteroatoms. The Morgan fingerprint density at radius 2 is 1.79 bits per heavy atom. The first-order valence-corrected chi connectivity index (χ1v) is 6.55. The number of fused-ring (bicyclic) bond motifs is 1. The number of aryl methyl sites for hydroxylation is 1. The first kappa shape index (κ1) is 12.0. The minimum absolute atomic E-state index is 0.742. The van der Waals surface area contributed by atoms with Gasteiger partial charge in [-0.05, 0) is 41.3 Å². The molecule has 0 radical (unpaired) electrons. The SMILES string of the molecule is Cc1cc(C#N)ccc1CN1Cc2ccccc2C1. The van der Waals surface area contributed by atoms with E-state index in [2.05, 4.69) is 48.2 Å². The highest BCUT2D eigenvalue weighted by atomic mass is 15.1. The zero-order valence-electron chi connectivity index (χ0n) is 11.1. The van der Waals surface area contributed by atoms with Crippen LogP contribution in [0, 0.1) is 18.3 Å². The van der Waals surface area contributed by atoms with Crippen molar-refractivity contribution in [2.45, 2.75) is 26.6 Å². The van der Waals surface area contributed by atoms with Crippen LogP contribution in [0.2, 0.25) is 0 Å². The smallest absolute Gasteiger partial charge is 0.0991 e. The maximum absolute atomic E-state index is 8.90. The predicted octanol–water partition coefficient (Wildman–Crippen LogP) is 3.38. The van der Waals surface area contributed by atoms with Gasteiger partial charge in [-0.15, -0.1) is 0 Å². The number of hydrogen-bond donors (Lipinski definition) is 0. The van der Waals surface area contributed by atoms with Gasteiger partial charge in [-0.2, -0.15) is 5.26 Å². The third kappa shape index (κ3) is 2.38. The molecule has 0 amide bonds. The molecule has 0 atom stereocenters. The fourth-order valence-electron chi connectivity index (χ4n) is 2.70. The second-order valence-electron chi connectivity index (χ2n) is 5.17. The van der Waals surface area contributed by atoms with Gasteiger partial charge in [0.05, 0.1) is 11.6 Å². The van der Waals surface area contributed by atoms with Gasteiger partial charge in [0, 0.05) is 19.6 Å². The van der Waals surface area contributed by atoms with Crippen LogP contribution in [0.4, 0.5) is 0 Å². The molecule has 0 N–H and O–H groups in total. The largest absolute Gasteiger partial charge is 0.291 e. The van der Waals surface area contributed by atoms with Crippen molar-refractivity contribution >= 4 is 0 Å². The fourth-order valence-corrected chi connectivity index (χ4v) is 2.70. The highest BCUT2D eigenvalue weighted by Gasteiger charge is 2.18. The van der Waals surface area contributed by atoms with Gasteiger partial charge in [0.15, 0.2) is 0 Å². The Hall–Kier alpha value is -2.11. The molecule has 0 unspecified atom stereocenters. The molecule has 0 fully saturated rings. The van der Waals surface area contributed by atoms with Crippen molar-refractivity contribution in [3.05, 3.63) is 70.3 Å². The van der Waals surface area contributed by atoms with Crippen LogP contribution in [0.5, 0.6) is 0 Å². The Labute approximate surface area is 113 Å². The van der Waals surface area contributed by atoms with Gasteiger partial charge in [-0.3, -0.25) is 4.90 Å². The lowest BCUT2D eigenvalue weighted by Gasteiger charge is -2.16. The van der Waals surface area contributed by atoms with Crippen molar-refractivity contribution in [1.29, 1.82) is 5.26 Å². The van der Waals surface area contributed by atoms with Crippen LogP contribution in [0.25, 0.3) is 0 Å². The van der Waals surface area contributed by atoms with Crippen LogP contribution in [0.3, 0.4) is 0 Å². The van der Waals surface area contributed by atoms with E-state index >= 15 is 0 Å². The van der Waals surface area contributed by atoms with Crippen LogP contribution < -0.4 is 0 Å². The molecule has 2 aromatic carbocycles. The molecule has 0 spiro atoms. The van der Waals surface area contributed by atoms with Gasteiger partial charge in [-0.25, -0.2) is 0 Å². The van der Waals surface area contributed by atoms with E-state index in [1.807, 2.05) is 12.1 Å². The zero-order chi connectivity index (χ0) is 13.2. The molecule has 1 heterocycles. The van der Waals surface area contributed by atoms with Gasteiger partial charge in [0.25, 0.3) is 0 Å². The third-order valence-electron chi connectivity index (χ3n) is 3.77. The van der Waals surface area contributed by atoms with Gasteiger partial charge in [0.1, 0.15) is 0 Å². The van der Waals surface area contributed by atoms with Gasteiger partial charge in [0.2, 0.25) is 0 Å². The minimum Gasteiger partial charge on any atom is -0.291 e. The molecule has 1 aliphatic rings. The molecule has 3 rings (SSSR count). The maximum atomic E-state index is 8.90. The Morgan fingerprint density at radius 1 is 1.11 bits per heavy atom. The third-order valence-corrected chi connectivity index (χ3v) is 3.77. The summed E-state index contributed by atoms with van der Waals surface area (Å²) in [4.78, 5) is 2.44. The summed E-state index contributed by atoms with van der Waals surface area (Å²) in [5, 5.41) is 8.90. The molecule has 2 nitrogen and oxygen atoms in total. The van der Waals surface area contributed by atoms with E-state index in [4.69, 9.17) is 5.26 Å². The average Bonchev–Trinajstić information content (AvgIpc) is 2.83. The van der Waals surface area contributed by atoms with Crippen LogP contribution in [0.15, 0.2) is 42.5 Å². The van der Waals surface area contributed by atoms with Crippen LogP contribution in [-0.4, -0.2) is 4.90 Å². The summed E-state index contributed by atoms with van der Waals surface area (Å²) < 4.78 is 0. The minimum atomic E-state index is 0.742. The standard InChI is InChI=1S/C17H16N2/c1-13-8-14(9-18)6-7-15(13)10-19-11-16-4-2-3-5-17(16)12-19/h2-8H,10-12H2,1H3. The van der Waals surface area contributed by atoms with Crippen molar-refractivity contribution in [3.63, 3.8) is 0 Å². The summed E-state index contributed by atoms with van der Waals surface area (Å²) in [5.41, 5.74) is 6.13. The summed E-state index contributed by atoms with van der Waals surface area (Å²) >= 11 is 0. The summed E-state index contributed by atoms with van der Waals surface area (Å²) in [5.74, 6) is 0. The summed E-state index contributed by atoms with van der Waals surface area (Å²) in [6.07, 6.45) is 0. The lowest BCUT2D eigenvalue weighted by atomic mass is 10.1. The summed E-state index contributed by atoms with van der Waals surface area (Å²) in [6.45, 7) is 5.08. The zero-order valence-corrected chi connectivity index (χ0v) is 11.1. The molecular weight excluding hydrogens is 232 g/mol. The van der Waals surface area contributed by atoms with Crippen LogP contribution >= 0.6 is 0 Å². The molecule has 0 saturated heterocycles. The first-order valence-electron chi connectivity index (χ1n) is 6.55. The number of benzene rings is 2. The normalized spacial score (nSPS) is 14.1. The first-order chi connectivity index (χ1) is 9.26. The van der Waals surface area contributed by atoms with E-state index in [1.54, 1.807) is 0 Å². The lowest BCUT2D eigenvalue weighted by molar-refractivity contribution is 0.275. The van der Waals surface area contributed by atoms with Crippen molar-refractivity contribution in [2.24, 2.45) is 0 Å². The number of rotatable bonds is 2. The van der Waals surface area contributed by atoms with E-state index < -0.39 is 0 Å². The number of hydrogen-bond acceptors (Lipinski definition) is 2. The molecule has 2 aromatic rings. The van der Waals surface area contributed by atoms with Crippen molar-refractivity contribution < 1.29 is 0 Å². The van der Waals surface area contributed by atoms with Crippen molar-refractivity contribution in [1.82, 2.24) is 4.90 Å². The Balaban J connectivity index is 1.76. The highest BCUT2D eigenvalue weighted by molar-refractivity contribution is 5.38. The maximum Gasteiger partial charge on any atom is 0.0991 e. The van der Waals surface area contributed by atoms with Gasteiger partial charge in [-0.1, -0.05) is 30.3 Å². The molecule has 19 heavy (non-hydrogen) atoms. The Morgan fingerprint density at radius 3 is 2.37 bits per heavy atom. The molecule has 1 aliphatic heterocycles. The highest BCUT2D eigenvalue weighted by Crippen LogP contribution is 2.24. The summed E-state index contributed by atoms with van der Waals surface area (Å²) in [6, 6.07) is 16.8. The Kier molecular flexibility index (Phi) is 3.06. The second-order valence-corrected chi connectivity index (χ2v) is 5.17. The molecule has 0 aliphatic carbocycles. The predicted molar refractivity (Wildman–Crippen MR) is 75.3 cm³/mol. The van der Waals surface area contributed by atoms with E-state index in [0.29, 0.717) is 0 Å². The molecule has 0 aromatic heterocycles.